The van der Waals surface area contributed by atoms with Crippen LogP contribution in [0.1, 0.15) is 0 Å². The highest BCUT2D eigenvalue weighted by Gasteiger charge is 2.59. The Bertz CT molecular complexity index is 1880. The lowest BCUT2D eigenvalue weighted by molar-refractivity contribution is -0.396. The molecule has 21 aliphatic rings. The highest BCUT2D eigenvalue weighted by Crippen LogP contribution is 2.39. The number of hydrogen-bond acceptors (Lipinski definition) is 36. The SMILES string of the molecule is OC[C@H]1O[C@@H]2O[C@H]3[C@H](O)[C@@H](O)[C@@H](O[C@H]4[C@H](O)[C@@H](O)[C@@H](O[C@H]5[C@H](O)[C@@H](O)[C@@H](O[C@H]6[C@H](O)[C@@H](O)[C@@H](O[C@H]7[C@H](O)[C@@H](O)[C@@H](O[C@H]8[C@H](O)[C@@H](O)[C@@H](O[C@H]1[C@H](O)[C@H]2O)O[C@@H]8CO)O[C@@H]7CO)O[C@@H]6CO)O[C@@H]5CNCCS)O[C@@H]4CO)O[C@@H]3CO. The highest BCUT2D eigenvalue weighted by molar-refractivity contribution is 7.80. The van der Waals surface area contributed by atoms with Gasteiger partial charge in [0.15, 0.2) is 44.0 Å². The minimum Gasteiger partial charge on any atom is -0.394 e. The maximum atomic E-state index is 11.6. The first-order valence-corrected chi connectivity index (χ1v) is 26.5. The fraction of sp³-hybridized carbons (Fsp3) is 1.00. The average molecular weight is 1190 g/mol. The number of aliphatic hydroxyl groups excluding tert-OH is 20. The Morgan fingerprint density at radius 3 is 0.562 bits per heavy atom. The number of rotatable bonds is 10. The van der Waals surface area contributed by atoms with Crippen LogP contribution in [-0.2, 0) is 66.3 Å². The van der Waals surface area contributed by atoms with Crippen LogP contribution >= 0.6 is 12.6 Å². The Balaban J connectivity index is 1.09. The van der Waals surface area contributed by atoms with Crippen LogP contribution in [-0.4, -0.2) is 376 Å². The topological polar surface area (TPSA) is 546 Å². The Kier molecular flexibility index (Phi) is 22.9. The fourth-order valence-corrected chi connectivity index (χ4v) is 10.9. The molecule has 21 aliphatic heterocycles. The third-order valence-corrected chi connectivity index (χ3v) is 15.5. The molecule has 0 saturated carbocycles. The molecule has 0 amide bonds. The molecule has 35 nitrogen and oxygen atoms in total. The summed E-state index contributed by atoms with van der Waals surface area (Å²) < 4.78 is 80.8. The molecule has 80 heavy (non-hydrogen) atoms. The van der Waals surface area contributed by atoms with Crippen molar-refractivity contribution in [1.29, 1.82) is 0 Å². The molecule has 36 heteroatoms. The summed E-state index contributed by atoms with van der Waals surface area (Å²) >= 11 is 4.16. The minimum atomic E-state index is -2.20. The van der Waals surface area contributed by atoms with E-state index in [4.69, 9.17) is 66.3 Å². The minimum absolute atomic E-state index is 0.214. The monoisotopic (exact) mass is 1190 g/mol. The molecule has 0 aromatic carbocycles. The Morgan fingerprint density at radius 1 is 0.237 bits per heavy atom. The summed E-state index contributed by atoms with van der Waals surface area (Å²) in [6, 6.07) is 0. The van der Waals surface area contributed by atoms with Crippen molar-refractivity contribution in [1.82, 2.24) is 5.32 Å². The predicted molar refractivity (Wildman–Crippen MR) is 248 cm³/mol. The molecule has 35 atom stereocenters. The lowest BCUT2D eigenvalue weighted by atomic mass is 9.95. The molecule has 14 bridgehead atoms. The van der Waals surface area contributed by atoms with E-state index < -0.39 is 255 Å². The van der Waals surface area contributed by atoms with Crippen molar-refractivity contribution in [3.63, 3.8) is 0 Å². The van der Waals surface area contributed by atoms with E-state index in [1.54, 1.807) is 0 Å². The van der Waals surface area contributed by atoms with Gasteiger partial charge in [-0.25, -0.2) is 0 Å². The zero-order valence-electron chi connectivity index (χ0n) is 42.2. The molecule has 21 saturated heterocycles. The molecule has 21 fully saturated rings. The first kappa shape index (κ1) is 64.9. The lowest BCUT2D eigenvalue weighted by Gasteiger charge is -2.50. The van der Waals surface area contributed by atoms with Crippen molar-refractivity contribution in [2.24, 2.45) is 0 Å². The zero-order chi connectivity index (χ0) is 58.2. The molecule has 0 aliphatic carbocycles. The smallest absolute Gasteiger partial charge is 0.187 e. The molecule has 0 spiro atoms. The van der Waals surface area contributed by atoms with E-state index in [1.807, 2.05) is 0 Å². The van der Waals surface area contributed by atoms with Crippen LogP contribution in [0.25, 0.3) is 0 Å². The van der Waals surface area contributed by atoms with E-state index in [9.17, 15) is 102 Å². The van der Waals surface area contributed by atoms with Crippen LogP contribution in [0.5, 0.6) is 0 Å². The van der Waals surface area contributed by atoms with Crippen molar-refractivity contribution in [3.8, 4) is 0 Å². The van der Waals surface area contributed by atoms with Gasteiger partial charge in [-0.05, 0) is 0 Å². The summed E-state index contributed by atoms with van der Waals surface area (Å²) in [6.45, 7) is -6.21. The summed E-state index contributed by atoms with van der Waals surface area (Å²) in [7, 11) is 0. The predicted octanol–water partition coefficient (Wildman–Crippen LogP) is -14.7. The summed E-state index contributed by atoms with van der Waals surface area (Å²) in [5, 5.41) is 225. The third kappa shape index (κ3) is 13.1. The van der Waals surface area contributed by atoms with Crippen LogP contribution in [0.4, 0.5) is 0 Å². The van der Waals surface area contributed by atoms with Crippen LogP contribution in [0.15, 0.2) is 0 Å². The lowest BCUT2D eigenvalue weighted by Crippen LogP contribution is -2.68. The van der Waals surface area contributed by atoms with Crippen LogP contribution in [0, 0.1) is 0 Å². The molecule has 0 aromatic rings. The molecule has 21 N–H and O–H groups in total. The number of nitrogens with one attached hydrogen (secondary N) is 1. The quantitative estimate of drug-likeness (QED) is 0.0713. The van der Waals surface area contributed by atoms with Crippen molar-refractivity contribution in [2.75, 3.05) is 58.5 Å². The zero-order valence-corrected chi connectivity index (χ0v) is 43.1. The molecular weight excluding hydrogens is 1120 g/mol. The van der Waals surface area contributed by atoms with Gasteiger partial charge in [-0.3, -0.25) is 0 Å². The van der Waals surface area contributed by atoms with Gasteiger partial charge in [0.25, 0.3) is 0 Å². The number of ether oxygens (including phenoxy) is 14. The fourth-order valence-electron chi connectivity index (χ4n) is 10.8. The number of hydrogen-bond donors (Lipinski definition) is 22. The maximum absolute atomic E-state index is 11.6. The normalized spacial score (nSPS) is 53.7. The van der Waals surface area contributed by atoms with Gasteiger partial charge in [-0.2, -0.15) is 12.6 Å². The van der Waals surface area contributed by atoms with E-state index in [0.717, 1.165) is 0 Å². The molecule has 0 radical (unpaired) electrons. The number of aliphatic hydroxyl groups is 20. The van der Waals surface area contributed by atoms with E-state index >= 15 is 0 Å². The second-order valence-corrected chi connectivity index (χ2v) is 20.8. The van der Waals surface area contributed by atoms with E-state index in [1.165, 1.54) is 0 Å². The largest absolute Gasteiger partial charge is 0.394 e. The Labute approximate surface area is 459 Å². The Morgan fingerprint density at radius 2 is 0.400 bits per heavy atom. The van der Waals surface area contributed by atoms with Gasteiger partial charge in [0, 0.05) is 18.8 Å². The second-order valence-electron chi connectivity index (χ2n) is 20.4. The van der Waals surface area contributed by atoms with E-state index in [0.29, 0.717) is 0 Å². The molecule has 0 aromatic heterocycles. The van der Waals surface area contributed by atoms with Crippen LogP contribution in [0.3, 0.4) is 0 Å². The summed E-state index contributed by atoms with van der Waals surface area (Å²) in [6.07, 6.45) is -68.9. The summed E-state index contributed by atoms with van der Waals surface area (Å²) in [5.74, 6) is 0.268. The summed E-state index contributed by atoms with van der Waals surface area (Å²) in [5.41, 5.74) is 0. The highest BCUT2D eigenvalue weighted by atomic mass is 32.1. The first-order valence-electron chi connectivity index (χ1n) is 25.8. The average Bonchev–Trinajstić information content (AvgIpc) is 3.55. The van der Waals surface area contributed by atoms with Crippen molar-refractivity contribution >= 4 is 12.6 Å². The molecule has 21 rings (SSSR count). The van der Waals surface area contributed by atoms with Gasteiger partial charge in [-0.15, -0.1) is 0 Å². The van der Waals surface area contributed by atoms with E-state index in [-0.39, 0.29) is 18.8 Å². The van der Waals surface area contributed by atoms with Crippen molar-refractivity contribution < 1.29 is 168 Å². The molecule has 466 valence electrons. The molecule has 21 heterocycles. The van der Waals surface area contributed by atoms with Crippen LogP contribution in [0.2, 0.25) is 0 Å². The van der Waals surface area contributed by atoms with Crippen molar-refractivity contribution in [2.45, 2.75) is 215 Å². The van der Waals surface area contributed by atoms with Gasteiger partial charge in [0.05, 0.1) is 39.6 Å². The third-order valence-electron chi connectivity index (χ3n) is 15.2. The summed E-state index contributed by atoms with van der Waals surface area (Å²) in [4.78, 5) is 0. The Hall–Kier alpha value is -1.05. The maximum Gasteiger partial charge on any atom is 0.187 e. The van der Waals surface area contributed by atoms with Gasteiger partial charge in [-0.1, -0.05) is 0 Å². The van der Waals surface area contributed by atoms with Crippen LogP contribution < -0.4 is 5.32 Å². The second kappa shape index (κ2) is 28.2. The number of thiol groups is 1. The molecule has 0 unspecified atom stereocenters. The van der Waals surface area contributed by atoms with Gasteiger partial charge >= 0.3 is 0 Å². The van der Waals surface area contributed by atoms with Gasteiger partial charge < -0.3 is 174 Å². The molecular formula is C44H75NO34S. The van der Waals surface area contributed by atoms with Gasteiger partial charge in [0.2, 0.25) is 0 Å². The first-order chi connectivity index (χ1) is 38.2. The van der Waals surface area contributed by atoms with Gasteiger partial charge in [0.1, 0.15) is 171 Å². The van der Waals surface area contributed by atoms with E-state index in [2.05, 4.69) is 17.9 Å². The van der Waals surface area contributed by atoms with Crippen molar-refractivity contribution in [3.05, 3.63) is 0 Å². The standard InChI is InChI=1S/C44H75NO34S/c46-4-11-32-19(54)26(61)40(68-11)76-34-13(6-48)70-42(28(63)21(34)56)78-36-15(8-50)72-44(30(65)23(36)58)79-37-16(9-51)71-43(29(64)22(37)57)77-35-14(7-49)69-41(27(62)20(35)55)75-33-12(5-47)67-39(25(60)18(33)53)73-31-10(3-45-1-2-80)66-38(74-32)24(59)17(31)52/h10-65,80H,1-9H2/t10-,11-,12-,13-,14-,15-,16-,17-,18-,19-,20-,21-,22-,23-,24-,25-,26-,27-,28-,29-,30-,31-,32-,33-,34-,35-,36-,37-,38-,39-,40-,41-,42-,43-,44-/m1/s1.